The number of benzene rings is 1. The third kappa shape index (κ3) is 6.33. The maximum absolute atomic E-state index is 13.9. The van der Waals surface area contributed by atoms with E-state index in [0.29, 0.717) is 64.9 Å². The van der Waals surface area contributed by atoms with Crippen molar-refractivity contribution < 1.29 is 9.18 Å². The number of halogens is 1. The predicted octanol–water partition coefficient (Wildman–Crippen LogP) is 5.89. The second-order valence-corrected chi connectivity index (χ2v) is 12.4. The summed E-state index contributed by atoms with van der Waals surface area (Å²) in [6.45, 7) is 9.50. The molecule has 0 saturated carbocycles. The highest BCUT2D eigenvalue weighted by Gasteiger charge is 2.34. The topological polar surface area (TPSA) is 61.2 Å². The summed E-state index contributed by atoms with van der Waals surface area (Å²) < 4.78 is 15.5. The second kappa shape index (κ2) is 12.7. The number of thioether (sulfide) groups is 1. The van der Waals surface area contributed by atoms with E-state index in [2.05, 4.69) is 23.6 Å². The van der Waals surface area contributed by atoms with E-state index in [1.807, 2.05) is 19.1 Å². The molecule has 7 nitrogen and oxygen atoms in total. The summed E-state index contributed by atoms with van der Waals surface area (Å²) in [5.41, 5.74) is 2.64. The van der Waals surface area contributed by atoms with Crippen molar-refractivity contribution in [1.29, 1.82) is 0 Å². The van der Waals surface area contributed by atoms with Crippen molar-refractivity contribution in [2.75, 3.05) is 42.5 Å². The predicted molar refractivity (Wildman–Crippen MR) is 170 cm³/mol. The molecule has 0 radical (unpaired) electrons. The number of unbranched alkanes of at least 4 members (excludes halogenated alkanes) is 1. The van der Waals surface area contributed by atoms with Crippen molar-refractivity contribution in [3.63, 3.8) is 0 Å². The highest BCUT2D eigenvalue weighted by Crippen LogP contribution is 2.35. The molecule has 0 aliphatic carbocycles. The molecule has 0 spiro atoms. The van der Waals surface area contributed by atoms with E-state index in [1.165, 1.54) is 23.9 Å². The molecule has 10 heteroatoms. The van der Waals surface area contributed by atoms with E-state index in [9.17, 15) is 14.0 Å². The van der Waals surface area contributed by atoms with Crippen molar-refractivity contribution >= 4 is 57.4 Å². The van der Waals surface area contributed by atoms with E-state index in [4.69, 9.17) is 17.2 Å². The smallest absolute Gasteiger partial charge is 0.267 e. The first-order chi connectivity index (χ1) is 19.8. The number of carbonyl (C=O) groups is 1. The number of amides is 1. The van der Waals surface area contributed by atoms with Crippen LogP contribution in [0.15, 0.2) is 52.3 Å². The third-order valence-corrected chi connectivity index (χ3v) is 9.27. The van der Waals surface area contributed by atoms with Gasteiger partial charge >= 0.3 is 0 Å². The first kappa shape index (κ1) is 29.3. The van der Waals surface area contributed by atoms with Crippen LogP contribution in [-0.2, 0) is 4.79 Å². The molecule has 0 N–H and O–H groups in total. The number of nitrogens with zero attached hydrogens (tertiary/aromatic N) is 5. The van der Waals surface area contributed by atoms with Crippen LogP contribution < -0.4 is 15.4 Å². The molecule has 2 fully saturated rings. The molecule has 4 heterocycles. The second-order valence-electron chi connectivity index (χ2n) is 10.7. The molecule has 1 unspecified atom stereocenters. The Kier molecular flexibility index (Phi) is 9.09. The average molecular weight is 594 g/mol. The lowest BCUT2D eigenvalue weighted by atomic mass is 9.99. The van der Waals surface area contributed by atoms with Gasteiger partial charge in [-0.2, -0.15) is 0 Å². The lowest BCUT2D eigenvalue weighted by Gasteiger charge is -2.37. The Hall–Kier alpha value is -3.24. The van der Waals surface area contributed by atoms with E-state index < -0.39 is 0 Å². The normalized spacial score (nSPS) is 17.8. The van der Waals surface area contributed by atoms with Gasteiger partial charge in [-0.25, -0.2) is 9.37 Å². The number of rotatable bonds is 9. The van der Waals surface area contributed by atoms with Crippen LogP contribution in [0.4, 0.5) is 15.9 Å². The van der Waals surface area contributed by atoms with Crippen LogP contribution in [0.5, 0.6) is 0 Å². The Labute approximate surface area is 250 Å². The molecule has 2 saturated heterocycles. The molecular weight excluding hydrogens is 558 g/mol. The quantitative estimate of drug-likeness (QED) is 0.227. The number of piperazine rings is 1. The molecular formula is C31H36FN5O2S2. The van der Waals surface area contributed by atoms with Gasteiger partial charge in [0.2, 0.25) is 0 Å². The van der Waals surface area contributed by atoms with Gasteiger partial charge in [0.15, 0.2) is 0 Å². The SMILES string of the molecule is CCCCC(CC)CN1C(=O)/C(=C\c2c(N3CCN(c4ccc(F)cc4)CC3)nc3ccc(C)cn3c2=O)SC1=S. The van der Waals surface area contributed by atoms with Crippen LogP contribution >= 0.6 is 24.0 Å². The van der Waals surface area contributed by atoms with Gasteiger partial charge in [-0.05, 0) is 61.2 Å². The fraction of sp³-hybridized carbons (Fsp3) is 0.419. The molecule has 216 valence electrons. The fourth-order valence-electron chi connectivity index (χ4n) is 5.41. The van der Waals surface area contributed by atoms with Crippen LogP contribution in [0.3, 0.4) is 0 Å². The summed E-state index contributed by atoms with van der Waals surface area (Å²) in [6, 6.07) is 10.3. The summed E-state index contributed by atoms with van der Waals surface area (Å²) in [5, 5.41) is 0. The van der Waals surface area contributed by atoms with Crippen molar-refractivity contribution in [1.82, 2.24) is 14.3 Å². The first-order valence-corrected chi connectivity index (χ1v) is 15.5. The van der Waals surface area contributed by atoms with Crippen molar-refractivity contribution in [2.24, 2.45) is 5.92 Å². The summed E-state index contributed by atoms with van der Waals surface area (Å²) >= 11 is 6.89. The zero-order valence-corrected chi connectivity index (χ0v) is 25.4. The molecule has 1 aromatic carbocycles. The molecule has 3 aromatic rings. The Morgan fingerprint density at radius 2 is 1.76 bits per heavy atom. The molecule has 1 atom stereocenters. The van der Waals surface area contributed by atoms with Crippen molar-refractivity contribution in [2.45, 2.75) is 46.5 Å². The Balaban J connectivity index is 1.47. The number of aromatic nitrogens is 2. The minimum absolute atomic E-state index is 0.143. The number of thiocarbonyl (C=S) groups is 1. The highest BCUT2D eigenvalue weighted by atomic mass is 32.2. The van der Waals surface area contributed by atoms with Gasteiger partial charge in [0.1, 0.15) is 21.6 Å². The van der Waals surface area contributed by atoms with Gasteiger partial charge in [0.05, 0.1) is 10.5 Å². The minimum atomic E-state index is -0.260. The summed E-state index contributed by atoms with van der Waals surface area (Å²) in [4.78, 5) is 38.8. The molecule has 1 amide bonds. The number of pyridine rings is 1. The standard InChI is InChI=1S/C31H36FN5O2S2/c1-4-6-7-22(5-2)20-37-30(39)26(41-31(37)40)18-25-28(33-27-13-8-21(3)19-36(27)29(25)38)35-16-14-34(15-17-35)24-11-9-23(32)10-12-24/h8-13,18-19,22H,4-7,14-17,20H2,1-3H3/b26-18+. The van der Waals surface area contributed by atoms with Crippen LogP contribution in [-0.4, -0.2) is 57.2 Å². The highest BCUT2D eigenvalue weighted by molar-refractivity contribution is 8.26. The van der Waals surface area contributed by atoms with Gasteiger partial charge in [0, 0.05) is 44.6 Å². The van der Waals surface area contributed by atoms with Gasteiger partial charge < -0.3 is 9.80 Å². The van der Waals surface area contributed by atoms with Crippen LogP contribution in [0, 0.1) is 18.7 Å². The van der Waals surface area contributed by atoms with E-state index in [0.717, 1.165) is 36.9 Å². The molecule has 2 aliphatic rings. The number of hydrogen-bond acceptors (Lipinski definition) is 7. The molecule has 5 rings (SSSR count). The zero-order chi connectivity index (χ0) is 29.1. The van der Waals surface area contributed by atoms with Crippen molar-refractivity contribution in [3.05, 3.63) is 74.8 Å². The zero-order valence-electron chi connectivity index (χ0n) is 23.8. The van der Waals surface area contributed by atoms with Crippen molar-refractivity contribution in [3.8, 4) is 0 Å². The third-order valence-electron chi connectivity index (χ3n) is 7.89. The monoisotopic (exact) mass is 593 g/mol. The minimum Gasteiger partial charge on any atom is -0.368 e. The lowest BCUT2D eigenvalue weighted by Crippen LogP contribution is -2.47. The van der Waals surface area contributed by atoms with Gasteiger partial charge in [-0.1, -0.05) is 63.2 Å². The Morgan fingerprint density at radius 3 is 2.44 bits per heavy atom. The van der Waals surface area contributed by atoms with Crippen LogP contribution in [0.2, 0.25) is 0 Å². The lowest BCUT2D eigenvalue weighted by molar-refractivity contribution is -0.122. The van der Waals surface area contributed by atoms with Crippen LogP contribution in [0.25, 0.3) is 11.7 Å². The molecule has 0 bridgehead atoms. The number of aryl methyl sites for hydroxylation is 1. The molecule has 41 heavy (non-hydrogen) atoms. The first-order valence-electron chi connectivity index (χ1n) is 14.3. The summed E-state index contributed by atoms with van der Waals surface area (Å²) in [5.74, 6) is 0.554. The van der Waals surface area contributed by atoms with Gasteiger partial charge in [-0.3, -0.25) is 18.9 Å². The van der Waals surface area contributed by atoms with Crippen LogP contribution in [0.1, 0.15) is 50.7 Å². The summed E-state index contributed by atoms with van der Waals surface area (Å²) in [7, 11) is 0. The molecule has 2 aliphatic heterocycles. The number of hydrogen-bond donors (Lipinski definition) is 0. The average Bonchev–Trinajstić information content (AvgIpc) is 3.24. The summed E-state index contributed by atoms with van der Waals surface area (Å²) in [6.07, 6.45) is 7.76. The largest absolute Gasteiger partial charge is 0.368 e. The fourth-order valence-corrected chi connectivity index (χ4v) is 6.66. The Bertz CT molecular complexity index is 1530. The van der Waals surface area contributed by atoms with Gasteiger partial charge in [0.25, 0.3) is 11.5 Å². The molecule has 2 aromatic heterocycles. The van der Waals surface area contributed by atoms with E-state index >= 15 is 0 Å². The van der Waals surface area contributed by atoms with E-state index in [-0.39, 0.29) is 17.3 Å². The Morgan fingerprint density at radius 1 is 1.05 bits per heavy atom. The maximum atomic E-state index is 13.9. The number of carbonyl (C=O) groups excluding carboxylic acids is 1. The maximum Gasteiger partial charge on any atom is 0.267 e. The number of anilines is 2. The number of fused-ring (bicyclic) bond motifs is 1. The van der Waals surface area contributed by atoms with Gasteiger partial charge in [-0.15, -0.1) is 0 Å². The van der Waals surface area contributed by atoms with E-state index in [1.54, 1.807) is 33.7 Å².